The maximum atomic E-state index is 9.99. The van der Waals surface area contributed by atoms with Gasteiger partial charge in [-0.25, -0.2) is 4.98 Å². The molecule has 6 heteroatoms. The molecule has 0 radical (unpaired) electrons. The number of nitrogens with zero attached hydrogens (tertiary/aromatic N) is 6. The maximum absolute atomic E-state index is 9.99. The van der Waals surface area contributed by atoms with Crippen LogP contribution in [-0.2, 0) is 10.8 Å². The van der Waals surface area contributed by atoms with Gasteiger partial charge in [0.1, 0.15) is 11.8 Å². The molecular weight excluding hydrogens is 661 g/mol. The van der Waals surface area contributed by atoms with Crippen LogP contribution in [0.3, 0.4) is 0 Å². The van der Waals surface area contributed by atoms with Crippen LogP contribution in [0.15, 0.2) is 146 Å². The van der Waals surface area contributed by atoms with E-state index in [0.717, 1.165) is 45.3 Å². The summed E-state index contributed by atoms with van der Waals surface area (Å²) in [6.45, 7) is 16.9. The van der Waals surface area contributed by atoms with Crippen LogP contribution in [0.1, 0.15) is 55.6 Å². The van der Waals surface area contributed by atoms with Crippen molar-refractivity contribution in [1.82, 2.24) is 9.97 Å². The number of nitriles is 1. The summed E-state index contributed by atoms with van der Waals surface area (Å²) in [5.41, 5.74) is 14.1. The molecule has 2 aliphatic heterocycles. The zero-order chi connectivity index (χ0) is 37.2. The molecule has 0 N–H and O–H groups in total. The molecule has 0 amide bonds. The predicted molar refractivity (Wildman–Crippen MR) is 218 cm³/mol. The second kappa shape index (κ2) is 12.3. The first-order valence-electron chi connectivity index (χ1n) is 18.1. The van der Waals surface area contributed by atoms with Crippen molar-refractivity contribution in [3.63, 3.8) is 0 Å². The molecule has 6 aromatic carbocycles. The third kappa shape index (κ3) is 4.92. The first-order valence-corrected chi connectivity index (χ1v) is 18.1. The van der Waals surface area contributed by atoms with Gasteiger partial charge in [-0.3, -0.25) is 0 Å². The van der Waals surface area contributed by atoms with Gasteiger partial charge in [0.25, 0.3) is 0 Å². The molecule has 0 bridgehead atoms. The molecular formula is C48H36N6. The summed E-state index contributed by atoms with van der Waals surface area (Å²) in [6, 6.07) is 53.0. The summed E-state index contributed by atoms with van der Waals surface area (Å²) < 4.78 is 0. The average molecular weight is 697 g/mol. The SMILES string of the molecule is [C-]#[N+]c1nc(-c2ccc(N3c4ccccc4C(C)(C)c4ccccc43)cc2)c(-c2ccc(N3c4ccccc4C(C)(C)c4ccccc43)cc2)nc1C#N. The molecule has 3 heterocycles. The van der Waals surface area contributed by atoms with Gasteiger partial charge in [-0.1, -0.05) is 119 Å². The molecule has 0 saturated carbocycles. The highest BCUT2D eigenvalue weighted by Gasteiger charge is 2.38. The van der Waals surface area contributed by atoms with E-state index in [1.165, 1.54) is 22.3 Å². The molecule has 1 aromatic heterocycles. The van der Waals surface area contributed by atoms with Crippen molar-refractivity contribution >= 4 is 39.9 Å². The van der Waals surface area contributed by atoms with Gasteiger partial charge in [0.15, 0.2) is 11.4 Å². The lowest BCUT2D eigenvalue weighted by molar-refractivity contribution is 0.632. The molecule has 0 unspecified atom stereocenters. The van der Waals surface area contributed by atoms with Crippen LogP contribution < -0.4 is 9.80 Å². The highest BCUT2D eigenvalue weighted by atomic mass is 15.2. The minimum atomic E-state index is -0.153. The second-order valence-corrected chi connectivity index (χ2v) is 14.9. The van der Waals surface area contributed by atoms with E-state index in [0.29, 0.717) is 11.4 Å². The first kappa shape index (κ1) is 32.9. The van der Waals surface area contributed by atoms with Crippen LogP contribution in [-0.4, -0.2) is 9.97 Å². The summed E-state index contributed by atoms with van der Waals surface area (Å²) in [4.78, 5) is 17.7. The van der Waals surface area contributed by atoms with E-state index in [4.69, 9.17) is 16.5 Å². The Balaban J connectivity index is 1.13. The summed E-state index contributed by atoms with van der Waals surface area (Å²) in [7, 11) is 0. The second-order valence-electron chi connectivity index (χ2n) is 14.9. The monoisotopic (exact) mass is 696 g/mol. The number of rotatable bonds is 4. The van der Waals surface area contributed by atoms with Crippen molar-refractivity contribution in [3.8, 4) is 28.6 Å². The van der Waals surface area contributed by atoms with Crippen LogP contribution in [0.5, 0.6) is 0 Å². The van der Waals surface area contributed by atoms with E-state index in [9.17, 15) is 5.26 Å². The number of anilines is 6. The van der Waals surface area contributed by atoms with Gasteiger partial charge in [-0.2, -0.15) is 5.26 Å². The normalized spacial score (nSPS) is 14.5. The van der Waals surface area contributed by atoms with Gasteiger partial charge in [0.2, 0.25) is 0 Å². The number of fused-ring (bicyclic) bond motifs is 4. The number of benzene rings is 6. The van der Waals surface area contributed by atoms with E-state index in [-0.39, 0.29) is 22.3 Å². The van der Waals surface area contributed by atoms with E-state index in [1.54, 1.807) is 0 Å². The lowest BCUT2D eigenvalue weighted by atomic mass is 9.73. The van der Waals surface area contributed by atoms with Crippen molar-refractivity contribution < 1.29 is 0 Å². The fourth-order valence-electron chi connectivity index (χ4n) is 8.41. The number of hydrogen-bond donors (Lipinski definition) is 0. The molecule has 0 atom stereocenters. The van der Waals surface area contributed by atoms with Crippen LogP contribution in [0.2, 0.25) is 0 Å². The van der Waals surface area contributed by atoms with Crippen molar-refractivity contribution in [2.24, 2.45) is 0 Å². The zero-order valence-corrected chi connectivity index (χ0v) is 30.5. The van der Waals surface area contributed by atoms with E-state index in [2.05, 4.69) is 170 Å². The number of para-hydroxylation sites is 4. The van der Waals surface area contributed by atoms with Crippen LogP contribution in [0.25, 0.3) is 27.4 Å². The van der Waals surface area contributed by atoms with Crippen molar-refractivity contribution in [2.75, 3.05) is 9.80 Å². The number of aromatic nitrogens is 2. The highest BCUT2D eigenvalue weighted by molar-refractivity contribution is 5.89. The van der Waals surface area contributed by atoms with Crippen molar-refractivity contribution in [3.05, 3.63) is 185 Å². The standard InChI is InChI=1S/C48H36N6/c1-47(2)35-14-6-10-18-40(35)53(41-19-11-7-15-36(41)47)33-26-22-31(23-27-33)44-45(52-46(50-5)39(30-49)51-44)32-24-28-34(29-25-32)54-42-20-12-8-16-37(42)48(3,4)38-17-9-13-21-43(38)54/h6-29H,1-4H3. The molecule has 0 spiro atoms. The Kier molecular flexibility index (Phi) is 7.48. The molecule has 6 nitrogen and oxygen atoms in total. The Morgan fingerprint density at radius 2 is 0.833 bits per heavy atom. The van der Waals surface area contributed by atoms with E-state index in [1.807, 2.05) is 24.3 Å². The molecule has 9 rings (SSSR count). The Hall–Kier alpha value is -7.02. The molecule has 7 aromatic rings. The number of hydrogen-bond acceptors (Lipinski definition) is 5. The molecule has 0 saturated heterocycles. The van der Waals surface area contributed by atoms with Crippen LogP contribution >= 0.6 is 0 Å². The fourth-order valence-corrected chi connectivity index (χ4v) is 8.41. The van der Waals surface area contributed by atoms with Gasteiger partial charge >= 0.3 is 5.82 Å². The topological polar surface area (TPSA) is 60.4 Å². The fraction of sp³-hybridized carbons (Fsp3) is 0.125. The van der Waals surface area contributed by atoms with Gasteiger partial charge in [-0.15, -0.1) is 4.98 Å². The molecule has 0 aliphatic carbocycles. The third-order valence-corrected chi connectivity index (χ3v) is 11.2. The predicted octanol–water partition coefficient (Wildman–Crippen LogP) is 12.5. The van der Waals surface area contributed by atoms with Crippen LogP contribution in [0, 0.1) is 17.9 Å². The Labute approximate surface area is 316 Å². The van der Waals surface area contributed by atoms with Crippen molar-refractivity contribution in [1.29, 1.82) is 5.26 Å². The summed E-state index contributed by atoms with van der Waals surface area (Å²) >= 11 is 0. The Bertz CT molecular complexity index is 2410. The molecule has 258 valence electrons. The smallest absolute Gasteiger partial charge is 0.307 e. The largest absolute Gasteiger partial charge is 0.358 e. The molecule has 2 aliphatic rings. The maximum Gasteiger partial charge on any atom is 0.307 e. The Morgan fingerprint density at radius 3 is 1.17 bits per heavy atom. The summed E-state index contributed by atoms with van der Waals surface area (Å²) in [5.74, 6) is -0.0118. The van der Waals surface area contributed by atoms with Gasteiger partial charge < -0.3 is 14.6 Å². The Morgan fingerprint density at radius 1 is 0.500 bits per heavy atom. The quantitative estimate of drug-likeness (QED) is 0.171. The van der Waals surface area contributed by atoms with Gasteiger partial charge in [0, 0.05) is 33.3 Å². The van der Waals surface area contributed by atoms with E-state index >= 15 is 0 Å². The van der Waals surface area contributed by atoms with Crippen molar-refractivity contribution in [2.45, 2.75) is 38.5 Å². The minimum absolute atomic E-state index is 0.00899. The first-order chi connectivity index (χ1) is 26.2. The van der Waals surface area contributed by atoms with E-state index < -0.39 is 0 Å². The van der Waals surface area contributed by atoms with Gasteiger partial charge in [-0.05, 0) is 82.9 Å². The lowest BCUT2D eigenvalue weighted by Crippen LogP contribution is -2.30. The lowest BCUT2D eigenvalue weighted by Gasteiger charge is -2.42. The summed E-state index contributed by atoms with van der Waals surface area (Å²) in [5, 5.41) is 9.99. The molecule has 54 heavy (non-hydrogen) atoms. The third-order valence-electron chi connectivity index (χ3n) is 11.2. The minimum Gasteiger partial charge on any atom is -0.358 e. The van der Waals surface area contributed by atoms with Gasteiger partial charge in [0.05, 0.1) is 22.7 Å². The van der Waals surface area contributed by atoms with Crippen LogP contribution in [0.4, 0.5) is 39.9 Å². The zero-order valence-electron chi connectivity index (χ0n) is 30.5. The highest BCUT2D eigenvalue weighted by Crippen LogP contribution is 2.53. The molecule has 0 fully saturated rings. The average Bonchev–Trinajstić information content (AvgIpc) is 3.21. The summed E-state index contributed by atoms with van der Waals surface area (Å²) in [6.07, 6.45) is 0.